The molecule has 0 radical (unpaired) electrons. The molecule has 0 atom stereocenters. The number of halogens is 2. The van der Waals surface area contributed by atoms with Gasteiger partial charge in [0.15, 0.2) is 5.17 Å². The van der Waals surface area contributed by atoms with Crippen molar-refractivity contribution in [2.24, 2.45) is 4.99 Å². The van der Waals surface area contributed by atoms with E-state index in [0.29, 0.717) is 51.1 Å². The molecule has 0 aliphatic carbocycles. The number of nitrogens with zero attached hydrogens (tertiary/aromatic N) is 2. The van der Waals surface area contributed by atoms with Crippen molar-refractivity contribution in [1.29, 1.82) is 0 Å². The lowest BCUT2D eigenvalue weighted by Gasteiger charge is -2.16. The maximum absolute atomic E-state index is 13.8. The number of hydrogen-bond donors (Lipinski definition) is 0. The number of carbonyl (C=O) groups excluding carboxylic acids is 1. The topological polar surface area (TPSA) is 41.9 Å². The molecule has 0 bridgehead atoms. The minimum absolute atomic E-state index is 0.133. The molecule has 5 aromatic carbocycles. The summed E-state index contributed by atoms with van der Waals surface area (Å²) in [5.74, 6) is 0.339. The van der Waals surface area contributed by atoms with Crippen LogP contribution in [0.25, 0.3) is 16.8 Å². The van der Waals surface area contributed by atoms with Crippen molar-refractivity contribution < 1.29 is 9.53 Å². The zero-order valence-corrected chi connectivity index (χ0v) is 24.9. The molecule has 0 unspecified atom stereocenters. The fourth-order valence-electron chi connectivity index (χ4n) is 4.82. The zero-order valence-electron chi connectivity index (χ0n) is 22.5. The number of amidine groups is 1. The van der Waals surface area contributed by atoms with E-state index < -0.39 is 0 Å². The first kappa shape index (κ1) is 28.1. The maximum Gasteiger partial charge on any atom is 0.267 e. The van der Waals surface area contributed by atoms with Gasteiger partial charge in [-0.2, -0.15) is 0 Å². The van der Waals surface area contributed by atoms with Gasteiger partial charge < -0.3 is 4.74 Å². The van der Waals surface area contributed by atoms with Crippen LogP contribution >= 0.6 is 35.0 Å². The van der Waals surface area contributed by atoms with E-state index in [1.54, 1.807) is 23.1 Å². The van der Waals surface area contributed by atoms with Gasteiger partial charge in [-0.25, -0.2) is 0 Å². The number of thioether (sulfide) groups is 1. The third-order valence-corrected chi connectivity index (χ3v) is 8.43. The van der Waals surface area contributed by atoms with Gasteiger partial charge in [0.25, 0.3) is 5.91 Å². The standard InChI is InChI=1S/C35H26Cl2N2O2S/c36-29-18-28(33(31(37)20-29)41-23-27-16-9-15-26-14-7-8-17-30(26)27)19-32-34(40)39(22-25-12-5-2-6-13-25)35(42-32)38-21-24-10-3-1-4-11-24/h1-20H,21-23H2/b32-19+,38-35?. The molecule has 0 saturated carbocycles. The number of hydrogen-bond acceptors (Lipinski definition) is 4. The highest BCUT2D eigenvalue weighted by Crippen LogP contribution is 2.39. The van der Waals surface area contributed by atoms with Gasteiger partial charge in [-0.3, -0.25) is 14.7 Å². The number of ether oxygens (including phenoxy) is 1. The second-order valence-electron chi connectivity index (χ2n) is 9.80. The highest BCUT2D eigenvalue weighted by molar-refractivity contribution is 8.18. The Morgan fingerprint density at radius 1 is 0.810 bits per heavy atom. The number of carbonyl (C=O) groups is 1. The van der Waals surface area contributed by atoms with Crippen molar-refractivity contribution in [2.45, 2.75) is 19.7 Å². The van der Waals surface area contributed by atoms with Crippen molar-refractivity contribution in [2.75, 3.05) is 0 Å². The molecule has 0 spiro atoms. The van der Waals surface area contributed by atoms with Crippen LogP contribution in [-0.2, 0) is 24.5 Å². The number of fused-ring (bicyclic) bond motifs is 1. The Balaban J connectivity index is 1.32. The third kappa shape index (κ3) is 6.39. The van der Waals surface area contributed by atoms with Crippen molar-refractivity contribution in [3.05, 3.63) is 152 Å². The molecule has 1 saturated heterocycles. The number of amides is 1. The lowest BCUT2D eigenvalue weighted by molar-refractivity contribution is -0.122. The first-order chi connectivity index (χ1) is 20.5. The summed E-state index contributed by atoms with van der Waals surface area (Å²) in [6, 6.07) is 37.6. The van der Waals surface area contributed by atoms with Crippen molar-refractivity contribution in [3.63, 3.8) is 0 Å². The van der Waals surface area contributed by atoms with E-state index in [9.17, 15) is 4.79 Å². The van der Waals surface area contributed by atoms with Crippen LogP contribution in [0.2, 0.25) is 10.0 Å². The Hall–Kier alpha value is -4.03. The molecule has 1 heterocycles. The Labute approximate surface area is 259 Å². The van der Waals surface area contributed by atoms with Crippen molar-refractivity contribution >= 4 is 62.9 Å². The Morgan fingerprint density at radius 2 is 1.50 bits per heavy atom. The number of benzene rings is 5. The van der Waals surface area contributed by atoms with E-state index in [1.807, 2.05) is 84.9 Å². The monoisotopic (exact) mass is 608 g/mol. The average Bonchev–Trinajstić information content (AvgIpc) is 3.30. The molecule has 208 valence electrons. The predicted molar refractivity (Wildman–Crippen MR) is 175 cm³/mol. The summed E-state index contributed by atoms with van der Waals surface area (Å²) in [6.07, 6.45) is 1.80. The minimum Gasteiger partial charge on any atom is -0.487 e. The third-order valence-electron chi connectivity index (χ3n) is 6.89. The molecule has 1 aliphatic rings. The highest BCUT2D eigenvalue weighted by Gasteiger charge is 2.33. The zero-order chi connectivity index (χ0) is 28.9. The summed E-state index contributed by atoms with van der Waals surface area (Å²) >= 11 is 14.4. The molecule has 6 rings (SSSR count). The van der Waals surface area contributed by atoms with E-state index in [1.165, 1.54) is 11.8 Å². The normalized spacial score (nSPS) is 15.2. The van der Waals surface area contributed by atoms with Gasteiger partial charge in [0.2, 0.25) is 0 Å². The second kappa shape index (κ2) is 12.9. The van der Waals surface area contributed by atoms with E-state index in [0.717, 1.165) is 27.5 Å². The van der Waals surface area contributed by atoms with Crippen LogP contribution in [0.1, 0.15) is 22.3 Å². The smallest absolute Gasteiger partial charge is 0.267 e. The second-order valence-corrected chi connectivity index (χ2v) is 11.7. The largest absolute Gasteiger partial charge is 0.487 e. The van der Waals surface area contributed by atoms with Crippen LogP contribution in [0.4, 0.5) is 0 Å². The quantitative estimate of drug-likeness (QED) is 0.165. The molecule has 0 aromatic heterocycles. The van der Waals surface area contributed by atoms with Gasteiger partial charge >= 0.3 is 0 Å². The summed E-state index contributed by atoms with van der Waals surface area (Å²) in [4.78, 5) is 20.9. The average molecular weight is 610 g/mol. The van der Waals surface area contributed by atoms with Gasteiger partial charge in [0.05, 0.1) is 23.0 Å². The van der Waals surface area contributed by atoms with Gasteiger partial charge in [-0.05, 0) is 57.4 Å². The number of aliphatic imine (C=N–C) groups is 1. The van der Waals surface area contributed by atoms with Gasteiger partial charge in [0, 0.05) is 10.6 Å². The van der Waals surface area contributed by atoms with Crippen LogP contribution in [0.15, 0.2) is 125 Å². The number of rotatable bonds is 8. The fourth-order valence-corrected chi connectivity index (χ4v) is 6.35. The van der Waals surface area contributed by atoms with Gasteiger partial charge in [0.1, 0.15) is 12.4 Å². The molecule has 1 fully saturated rings. The Bertz CT molecular complexity index is 1800. The Morgan fingerprint density at radius 3 is 2.29 bits per heavy atom. The fraction of sp³-hybridized carbons (Fsp3) is 0.0857. The van der Waals surface area contributed by atoms with E-state index in [2.05, 4.69) is 18.2 Å². The van der Waals surface area contributed by atoms with Crippen LogP contribution in [0.3, 0.4) is 0 Å². The molecule has 5 aromatic rings. The first-order valence-corrected chi connectivity index (χ1v) is 15.0. The maximum atomic E-state index is 13.8. The Kier molecular flexibility index (Phi) is 8.61. The van der Waals surface area contributed by atoms with E-state index in [-0.39, 0.29) is 5.91 Å². The van der Waals surface area contributed by atoms with Crippen molar-refractivity contribution in [1.82, 2.24) is 4.90 Å². The van der Waals surface area contributed by atoms with Crippen molar-refractivity contribution in [3.8, 4) is 5.75 Å². The molecular weight excluding hydrogens is 583 g/mol. The molecule has 1 aliphatic heterocycles. The lowest BCUT2D eigenvalue weighted by atomic mass is 10.1. The lowest BCUT2D eigenvalue weighted by Crippen LogP contribution is -2.28. The SMILES string of the molecule is O=C1/C(=C\c2cc(Cl)cc(Cl)c2OCc2cccc3ccccc23)SC(=NCc2ccccc2)N1Cc1ccccc1. The summed E-state index contributed by atoms with van der Waals surface area (Å²) in [6.45, 7) is 1.19. The van der Waals surface area contributed by atoms with E-state index >= 15 is 0 Å². The molecule has 7 heteroatoms. The predicted octanol–water partition coefficient (Wildman–Crippen LogP) is 9.40. The molecule has 1 amide bonds. The highest BCUT2D eigenvalue weighted by atomic mass is 35.5. The first-order valence-electron chi connectivity index (χ1n) is 13.5. The molecule has 0 N–H and O–H groups in total. The van der Waals surface area contributed by atoms with Crippen LogP contribution in [0, 0.1) is 0 Å². The molecular formula is C35H26Cl2N2O2S. The van der Waals surface area contributed by atoms with Crippen LogP contribution in [-0.4, -0.2) is 16.0 Å². The van der Waals surface area contributed by atoms with Gasteiger partial charge in [-0.1, -0.05) is 126 Å². The van der Waals surface area contributed by atoms with Crippen LogP contribution < -0.4 is 4.74 Å². The van der Waals surface area contributed by atoms with E-state index in [4.69, 9.17) is 32.9 Å². The summed E-state index contributed by atoms with van der Waals surface area (Å²) in [5, 5.41) is 3.73. The summed E-state index contributed by atoms with van der Waals surface area (Å²) in [7, 11) is 0. The summed E-state index contributed by atoms with van der Waals surface area (Å²) in [5.41, 5.74) is 3.76. The molecule has 4 nitrogen and oxygen atoms in total. The minimum atomic E-state index is -0.133. The van der Waals surface area contributed by atoms with Gasteiger partial charge in [-0.15, -0.1) is 0 Å². The van der Waals surface area contributed by atoms with Crippen LogP contribution in [0.5, 0.6) is 5.75 Å². The molecule has 42 heavy (non-hydrogen) atoms. The summed E-state index contributed by atoms with van der Waals surface area (Å²) < 4.78 is 6.32.